The zero-order valence-electron chi connectivity index (χ0n) is 16.9. The second-order valence-corrected chi connectivity index (χ2v) is 7.25. The molecular formula is C24H26N2O3. The number of benzene rings is 2. The number of carbonyl (C=O) groups excluding carboxylic acids is 1. The lowest BCUT2D eigenvalue weighted by Gasteiger charge is -2.37. The molecule has 0 fully saturated rings. The van der Waals surface area contributed by atoms with Gasteiger partial charge in [0.2, 0.25) is 5.91 Å². The molecule has 1 atom stereocenters. The summed E-state index contributed by atoms with van der Waals surface area (Å²) in [6.45, 7) is 1.53. The Hall–Kier alpha value is -3.21. The molecule has 0 unspecified atom stereocenters. The number of aryl methyl sites for hydroxylation is 1. The lowest BCUT2D eigenvalue weighted by Crippen LogP contribution is -2.42. The summed E-state index contributed by atoms with van der Waals surface area (Å²) < 4.78 is 12.9. The zero-order chi connectivity index (χ0) is 20.2. The van der Waals surface area contributed by atoms with E-state index in [1.165, 1.54) is 5.69 Å². The number of hydrogen-bond donors (Lipinski definition) is 0. The van der Waals surface area contributed by atoms with E-state index in [-0.39, 0.29) is 11.9 Å². The molecule has 4 rings (SSSR count). The minimum Gasteiger partial charge on any atom is -0.497 e. The number of amides is 1. The number of aromatic nitrogens is 1. The summed E-state index contributed by atoms with van der Waals surface area (Å²) in [6.07, 6.45) is 3.18. The molecule has 1 aromatic heterocycles. The van der Waals surface area contributed by atoms with Gasteiger partial charge < -0.3 is 18.9 Å². The quantitative estimate of drug-likeness (QED) is 0.637. The predicted molar refractivity (Wildman–Crippen MR) is 112 cm³/mol. The van der Waals surface area contributed by atoms with Crippen LogP contribution in [0.15, 0.2) is 66.9 Å². The highest BCUT2D eigenvalue weighted by molar-refractivity contribution is 5.77. The van der Waals surface area contributed by atoms with E-state index in [4.69, 9.17) is 9.47 Å². The van der Waals surface area contributed by atoms with Crippen molar-refractivity contribution in [2.24, 2.45) is 0 Å². The highest BCUT2D eigenvalue weighted by Gasteiger charge is 2.31. The van der Waals surface area contributed by atoms with Gasteiger partial charge in [-0.3, -0.25) is 4.79 Å². The molecule has 1 aliphatic heterocycles. The molecule has 3 aromatic rings. The predicted octanol–water partition coefficient (Wildman–Crippen LogP) is 4.07. The van der Waals surface area contributed by atoms with Gasteiger partial charge in [-0.2, -0.15) is 0 Å². The highest BCUT2D eigenvalue weighted by atomic mass is 16.5. The molecule has 0 N–H and O–H groups in total. The third kappa shape index (κ3) is 3.99. The Kier molecular flexibility index (Phi) is 5.56. The van der Waals surface area contributed by atoms with Crippen molar-refractivity contribution >= 4 is 5.91 Å². The van der Waals surface area contributed by atoms with Crippen LogP contribution >= 0.6 is 0 Å². The topological polar surface area (TPSA) is 43.7 Å². The Morgan fingerprint density at radius 1 is 0.966 bits per heavy atom. The molecule has 0 saturated carbocycles. The Morgan fingerprint density at radius 3 is 2.38 bits per heavy atom. The summed E-state index contributed by atoms with van der Waals surface area (Å²) in [5.41, 5.74) is 3.34. The Balaban J connectivity index is 1.55. The second kappa shape index (κ2) is 8.43. The maximum atomic E-state index is 13.2. The van der Waals surface area contributed by atoms with Gasteiger partial charge >= 0.3 is 0 Å². The maximum Gasteiger partial charge on any atom is 0.223 e. The van der Waals surface area contributed by atoms with Crippen molar-refractivity contribution in [1.29, 1.82) is 0 Å². The minimum atomic E-state index is -0.0488. The van der Waals surface area contributed by atoms with Gasteiger partial charge in [0.15, 0.2) is 0 Å². The van der Waals surface area contributed by atoms with Crippen molar-refractivity contribution < 1.29 is 14.3 Å². The summed E-state index contributed by atoms with van der Waals surface area (Å²) in [6, 6.07) is 20.2. The van der Waals surface area contributed by atoms with E-state index in [1.54, 1.807) is 14.2 Å². The van der Waals surface area contributed by atoms with Crippen LogP contribution in [0.25, 0.3) is 0 Å². The van der Waals surface area contributed by atoms with Crippen LogP contribution in [0.2, 0.25) is 0 Å². The van der Waals surface area contributed by atoms with Gasteiger partial charge in [-0.1, -0.05) is 30.3 Å². The lowest BCUT2D eigenvalue weighted by molar-refractivity contribution is -0.133. The Bertz CT molecular complexity index is 959. The smallest absolute Gasteiger partial charge is 0.223 e. The molecule has 2 aromatic carbocycles. The van der Waals surface area contributed by atoms with Crippen LogP contribution < -0.4 is 9.47 Å². The molecule has 5 heteroatoms. The summed E-state index contributed by atoms with van der Waals surface area (Å²) in [5.74, 6) is 1.64. The van der Waals surface area contributed by atoms with Crippen LogP contribution in [0.5, 0.6) is 11.5 Å². The monoisotopic (exact) mass is 390 g/mol. The number of ether oxygens (including phenoxy) is 2. The molecule has 0 bridgehead atoms. The molecule has 29 heavy (non-hydrogen) atoms. The van der Waals surface area contributed by atoms with Gasteiger partial charge in [-0.05, 0) is 41.8 Å². The van der Waals surface area contributed by atoms with Gasteiger partial charge in [0.05, 0.1) is 20.3 Å². The second-order valence-electron chi connectivity index (χ2n) is 7.25. The van der Waals surface area contributed by atoms with E-state index in [0.717, 1.165) is 29.2 Å². The average molecular weight is 390 g/mol. The van der Waals surface area contributed by atoms with E-state index in [1.807, 2.05) is 41.3 Å². The standard InChI is InChI=1S/C24H26N2O3/c1-28-20-15-18(16-21(17-20)29-2)10-11-23(27)26-14-13-25-12-6-9-22(25)24(26)19-7-4-3-5-8-19/h3-9,12,15-17,24H,10-11,13-14H2,1-2H3/t24-/m0/s1. The highest BCUT2D eigenvalue weighted by Crippen LogP contribution is 2.33. The van der Waals surface area contributed by atoms with Crippen molar-refractivity contribution in [1.82, 2.24) is 9.47 Å². The fourth-order valence-electron chi connectivity index (χ4n) is 4.04. The molecule has 1 amide bonds. The van der Waals surface area contributed by atoms with E-state index < -0.39 is 0 Å². The van der Waals surface area contributed by atoms with Gasteiger partial charge in [0.1, 0.15) is 11.5 Å². The van der Waals surface area contributed by atoms with Crippen molar-refractivity contribution in [3.8, 4) is 11.5 Å². The summed E-state index contributed by atoms with van der Waals surface area (Å²) in [4.78, 5) is 15.3. The molecular weight excluding hydrogens is 364 g/mol. The molecule has 2 heterocycles. The lowest BCUT2D eigenvalue weighted by atomic mass is 9.99. The number of carbonyl (C=O) groups is 1. The molecule has 0 radical (unpaired) electrons. The van der Waals surface area contributed by atoms with Crippen LogP contribution in [0, 0.1) is 0 Å². The normalized spacial score (nSPS) is 15.7. The largest absolute Gasteiger partial charge is 0.497 e. The summed E-state index contributed by atoms with van der Waals surface area (Å²) in [7, 11) is 3.27. The van der Waals surface area contributed by atoms with E-state index in [0.29, 0.717) is 19.4 Å². The van der Waals surface area contributed by atoms with Crippen molar-refractivity contribution in [2.45, 2.75) is 25.4 Å². The number of hydrogen-bond acceptors (Lipinski definition) is 3. The fourth-order valence-corrected chi connectivity index (χ4v) is 4.04. The van der Waals surface area contributed by atoms with E-state index in [9.17, 15) is 4.79 Å². The summed E-state index contributed by atoms with van der Waals surface area (Å²) >= 11 is 0. The van der Waals surface area contributed by atoms with Crippen molar-refractivity contribution in [2.75, 3.05) is 20.8 Å². The number of fused-ring (bicyclic) bond motifs is 1. The van der Waals surface area contributed by atoms with Crippen LogP contribution in [-0.2, 0) is 17.8 Å². The SMILES string of the molecule is COc1cc(CCC(=O)N2CCn3cccc3[C@@H]2c2ccccc2)cc(OC)c1. The average Bonchev–Trinajstić information content (AvgIpc) is 3.26. The number of methoxy groups -OCH3 is 2. The number of rotatable bonds is 6. The Morgan fingerprint density at radius 2 is 1.69 bits per heavy atom. The van der Waals surface area contributed by atoms with Crippen LogP contribution in [0.3, 0.4) is 0 Å². The molecule has 150 valence electrons. The molecule has 0 saturated heterocycles. The van der Waals surface area contributed by atoms with Crippen LogP contribution in [-0.4, -0.2) is 36.1 Å². The third-order valence-electron chi connectivity index (χ3n) is 5.51. The first kappa shape index (κ1) is 19.1. The fraction of sp³-hybridized carbons (Fsp3) is 0.292. The van der Waals surface area contributed by atoms with Gasteiger partial charge in [-0.15, -0.1) is 0 Å². The number of nitrogens with zero attached hydrogens (tertiary/aromatic N) is 2. The zero-order valence-corrected chi connectivity index (χ0v) is 16.9. The van der Waals surface area contributed by atoms with E-state index in [2.05, 4.69) is 35.0 Å². The molecule has 0 spiro atoms. The third-order valence-corrected chi connectivity index (χ3v) is 5.51. The Labute approximate surface area is 171 Å². The first-order valence-corrected chi connectivity index (χ1v) is 9.91. The minimum absolute atomic E-state index is 0.0488. The van der Waals surface area contributed by atoms with Crippen molar-refractivity contribution in [3.05, 3.63) is 83.7 Å². The molecule has 0 aliphatic carbocycles. The van der Waals surface area contributed by atoms with Gasteiger partial charge in [0.25, 0.3) is 0 Å². The molecule has 5 nitrogen and oxygen atoms in total. The van der Waals surface area contributed by atoms with Gasteiger partial charge in [0, 0.05) is 37.5 Å². The van der Waals surface area contributed by atoms with E-state index >= 15 is 0 Å². The first-order chi connectivity index (χ1) is 14.2. The first-order valence-electron chi connectivity index (χ1n) is 9.91. The maximum absolute atomic E-state index is 13.2. The van der Waals surface area contributed by atoms with Crippen LogP contribution in [0.4, 0.5) is 0 Å². The van der Waals surface area contributed by atoms with Crippen LogP contribution in [0.1, 0.15) is 29.3 Å². The molecule has 1 aliphatic rings. The van der Waals surface area contributed by atoms with Crippen molar-refractivity contribution in [3.63, 3.8) is 0 Å². The van der Waals surface area contributed by atoms with Gasteiger partial charge in [-0.25, -0.2) is 0 Å². The summed E-state index contributed by atoms with van der Waals surface area (Å²) in [5, 5.41) is 0.